The van der Waals surface area contributed by atoms with E-state index in [-0.39, 0.29) is 77.8 Å². The monoisotopic (exact) mass is 632 g/mol. The highest BCUT2D eigenvalue weighted by molar-refractivity contribution is 5.80. The van der Waals surface area contributed by atoms with Gasteiger partial charge in [-0.05, 0) is 38.5 Å². The maximum absolute atomic E-state index is 13.1. The molecule has 1 rings (SSSR count). The van der Waals surface area contributed by atoms with Crippen molar-refractivity contribution in [3.63, 3.8) is 0 Å². The summed E-state index contributed by atoms with van der Waals surface area (Å²) in [6.45, 7) is 0.190. The van der Waals surface area contributed by atoms with E-state index < -0.39 is 72.4 Å². The van der Waals surface area contributed by atoms with Gasteiger partial charge < -0.3 is 10.2 Å². The van der Waals surface area contributed by atoms with Crippen LogP contribution in [0.4, 0.5) is 0 Å². The minimum Gasteiger partial charge on any atom is -0.481 e. The van der Waals surface area contributed by atoms with Gasteiger partial charge >= 0.3 is 29.0 Å². The number of rotatable bonds is 21. The van der Waals surface area contributed by atoms with E-state index in [9.17, 15) is 54.0 Å². The van der Waals surface area contributed by atoms with Crippen molar-refractivity contribution < 1.29 is 49.8 Å². The van der Waals surface area contributed by atoms with Crippen LogP contribution in [-0.4, -0.2) is 104 Å². The molecule has 0 atom stereocenters. The Balaban J connectivity index is 3.00. The highest BCUT2D eigenvalue weighted by Gasteiger charge is 2.18. The molecule has 1 aromatic heterocycles. The van der Waals surface area contributed by atoms with Gasteiger partial charge in [-0.25, -0.2) is 43.3 Å². The SMILES string of the molecule is CC(=O)N(O)CCCCn1c(=O)n(CCCCN(O)C(=O)CCC(=O)O)c(=O)n(CCCCN(O)C(=O)CCC(=O)O)c1=O. The van der Waals surface area contributed by atoms with Gasteiger partial charge in [0.2, 0.25) is 17.7 Å². The minimum absolute atomic E-state index is 0.0520. The van der Waals surface area contributed by atoms with E-state index in [0.717, 1.165) is 20.6 Å². The first-order chi connectivity index (χ1) is 20.7. The molecule has 0 saturated carbocycles. The predicted molar refractivity (Wildman–Crippen MR) is 147 cm³/mol. The zero-order valence-electron chi connectivity index (χ0n) is 24.5. The molecule has 19 nitrogen and oxygen atoms in total. The third kappa shape index (κ3) is 12.9. The first-order valence-corrected chi connectivity index (χ1v) is 14.0. The number of aliphatic carboxylic acids is 2. The highest BCUT2D eigenvalue weighted by atomic mass is 16.5. The Bertz CT molecular complexity index is 1250. The van der Waals surface area contributed by atoms with E-state index in [1.54, 1.807) is 0 Å². The van der Waals surface area contributed by atoms with Crippen molar-refractivity contribution in [2.75, 3.05) is 19.6 Å². The normalized spacial score (nSPS) is 10.8. The van der Waals surface area contributed by atoms with Crippen molar-refractivity contribution >= 4 is 29.7 Å². The molecule has 19 heteroatoms. The van der Waals surface area contributed by atoms with E-state index in [4.69, 9.17) is 10.2 Å². The molecule has 44 heavy (non-hydrogen) atoms. The van der Waals surface area contributed by atoms with Crippen LogP contribution >= 0.6 is 0 Å². The highest BCUT2D eigenvalue weighted by Crippen LogP contribution is 2.02. The van der Waals surface area contributed by atoms with Crippen molar-refractivity contribution in [1.82, 2.24) is 28.9 Å². The third-order valence-electron chi connectivity index (χ3n) is 6.44. The molecular formula is C25H40N6O13. The zero-order chi connectivity index (χ0) is 33.4. The number of amides is 3. The van der Waals surface area contributed by atoms with Gasteiger partial charge in [-0.2, -0.15) is 0 Å². The van der Waals surface area contributed by atoms with E-state index in [2.05, 4.69) is 0 Å². The fourth-order valence-electron chi connectivity index (χ4n) is 3.94. The number of aromatic nitrogens is 3. The zero-order valence-corrected chi connectivity index (χ0v) is 24.5. The molecule has 0 bridgehead atoms. The summed E-state index contributed by atoms with van der Waals surface area (Å²) in [5.74, 6) is -4.62. The molecule has 0 saturated heterocycles. The Labute approximate surface area is 250 Å². The number of carbonyl (C=O) groups is 5. The van der Waals surface area contributed by atoms with Gasteiger partial charge in [0.05, 0.1) is 12.8 Å². The van der Waals surface area contributed by atoms with Gasteiger partial charge in [-0.1, -0.05) is 0 Å². The Morgan fingerprint density at radius 2 is 0.818 bits per heavy atom. The van der Waals surface area contributed by atoms with Crippen LogP contribution in [0.3, 0.4) is 0 Å². The molecule has 0 fully saturated rings. The summed E-state index contributed by atoms with van der Waals surface area (Å²) in [7, 11) is 0. The number of unbranched alkanes of at least 4 members (excludes halogenated alkanes) is 3. The van der Waals surface area contributed by atoms with Crippen molar-refractivity contribution in [3.05, 3.63) is 31.5 Å². The number of hydroxylamine groups is 6. The van der Waals surface area contributed by atoms with E-state index in [0.29, 0.717) is 15.2 Å². The molecule has 0 unspecified atom stereocenters. The van der Waals surface area contributed by atoms with Gasteiger partial charge in [-0.3, -0.25) is 39.6 Å². The Morgan fingerprint density at radius 1 is 0.523 bits per heavy atom. The number of hydrogen-bond acceptors (Lipinski definition) is 11. The van der Waals surface area contributed by atoms with Crippen LogP contribution in [0.5, 0.6) is 0 Å². The lowest BCUT2D eigenvalue weighted by Gasteiger charge is -2.17. The Kier molecular flexibility index (Phi) is 16.3. The maximum Gasteiger partial charge on any atom is 0.336 e. The van der Waals surface area contributed by atoms with Gasteiger partial charge in [0.15, 0.2) is 0 Å². The van der Waals surface area contributed by atoms with E-state index in [1.165, 1.54) is 0 Å². The third-order valence-corrected chi connectivity index (χ3v) is 6.44. The van der Waals surface area contributed by atoms with Gasteiger partial charge in [0.1, 0.15) is 0 Å². The predicted octanol–water partition coefficient (Wildman–Crippen LogP) is -1.08. The van der Waals surface area contributed by atoms with Gasteiger partial charge in [0, 0.05) is 59.0 Å². The smallest absolute Gasteiger partial charge is 0.336 e. The number of nitrogens with zero attached hydrogens (tertiary/aromatic N) is 6. The minimum atomic E-state index is -1.21. The van der Waals surface area contributed by atoms with Crippen LogP contribution in [0, 0.1) is 0 Å². The van der Waals surface area contributed by atoms with Crippen LogP contribution in [-0.2, 0) is 43.6 Å². The van der Waals surface area contributed by atoms with E-state index in [1.807, 2.05) is 0 Å². The molecule has 0 aromatic carbocycles. The summed E-state index contributed by atoms with van der Waals surface area (Å²) in [6.07, 6.45) is -0.847. The van der Waals surface area contributed by atoms with Crippen LogP contribution in [0.15, 0.2) is 14.4 Å². The largest absolute Gasteiger partial charge is 0.481 e. The quantitative estimate of drug-likeness (QED) is 0.0614. The summed E-state index contributed by atoms with van der Waals surface area (Å²) in [5, 5.41) is 47.6. The molecular weight excluding hydrogens is 592 g/mol. The number of hydrogen-bond donors (Lipinski definition) is 5. The summed E-state index contributed by atoms with van der Waals surface area (Å²) in [6, 6.07) is 0. The number of carboxylic acids is 2. The molecule has 3 amide bonds. The first-order valence-electron chi connectivity index (χ1n) is 14.0. The van der Waals surface area contributed by atoms with Crippen molar-refractivity contribution in [2.45, 2.75) is 90.8 Å². The van der Waals surface area contributed by atoms with Crippen molar-refractivity contribution in [1.29, 1.82) is 0 Å². The standard InChI is InChI=1S/C25H40N6O13/c1-18(32)29(42)15-5-2-12-26-23(39)27(13-3-6-16-30(43)19(33)8-10-21(35)36)25(41)28(24(26)40)14-4-7-17-31(44)20(34)9-11-22(37)38/h42-44H,2-17H2,1H3,(H,35,36)(H,37,38). The lowest BCUT2D eigenvalue weighted by molar-refractivity contribution is -0.166. The summed E-state index contributed by atoms with van der Waals surface area (Å²) in [5.41, 5.74) is -2.74. The maximum atomic E-state index is 13.1. The summed E-state index contributed by atoms with van der Waals surface area (Å²) < 4.78 is 2.46. The summed E-state index contributed by atoms with van der Waals surface area (Å²) in [4.78, 5) is 95.3. The van der Waals surface area contributed by atoms with Crippen LogP contribution in [0.2, 0.25) is 0 Å². The second kappa shape index (κ2) is 19.0. The molecule has 0 aliphatic carbocycles. The van der Waals surface area contributed by atoms with Crippen LogP contribution in [0.25, 0.3) is 0 Å². The second-order valence-electron chi connectivity index (χ2n) is 9.89. The van der Waals surface area contributed by atoms with Crippen molar-refractivity contribution in [3.8, 4) is 0 Å². The molecule has 0 radical (unpaired) electrons. The molecule has 0 aliphatic rings. The molecule has 0 aliphatic heterocycles. The molecule has 1 heterocycles. The summed E-state index contributed by atoms with van der Waals surface area (Å²) >= 11 is 0. The average molecular weight is 633 g/mol. The second-order valence-corrected chi connectivity index (χ2v) is 9.89. The van der Waals surface area contributed by atoms with Gasteiger partial charge in [-0.15, -0.1) is 0 Å². The average Bonchev–Trinajstić information content (AvgIpc) is 2.96. The number of carboxylic acid groups (broad SMARTS) is 2. The van der Waals surface area contributed by atoms with Crippen LogP contribution in [0.1, 0.15) is 71.1 Å². The Morgan fingerprint density at radius 3 is 1.09 bits per heavy atom. The molecule has 0 spiro atoms. The van der Waals surface area contributed by atoms with Crippen LogP contribution < -0.4 is 17.1 Å². The molecule has 248 valence electrons. The Hall–Kier alpha value is -4.36. The van der Waals surface area contributed by atoms with Crippen molar-refractivity contribution in [2.24, 2.45) is 0 Å². The topological polar surface area (TPSA) is 262 Å². The van der Waals surface area contributed by atoms with Gasteiger partial charge in [0.25, 0.3) is 0 Å². The lowest BCUT2D eigenvalue weighted by Crippen LogP contribution is -2.54. The number of carbonyl (C=O) groups excluding carboxylic acids is 3. The fourth-order valence-corrected chi connectivity index (χ4v) is 3.94. The molecule has 1 aromatic rings. The first kappa shape index (κ1) is 37.7. The molecule has 5 N–H and O–H groups in total. The fraction of sp³-hybridized carbons (Fsp3) is 0.680. The lowest BCUT2D eigenvalue weighted by atomic mass is 10.2. The van der Waals surface area contributed by atoms with E-state index >= 15 is 0 Å².